The molecule has 1 aliphatic heterocycles. The molecule has 0 saturated carbocycles. The van der Waals surface area contributed by atoms with E-state index in [1.54, 1.807) is 17.0 Å². The standard InChI is InChI=1S/C20H15BrFN7O4/c21-14-4-3-13(33-14)19(31)28-5-7-29(8-6-28)20(32)17(30)11-9-23-16-10(18-24-26-27-25-18)1-2-12(22)15(11)16/h1-4,9,23H,5-8H2,(H,24,25,26,27). The number of hydrogen-bond acceptors (Lipinski definition) is 7. The smallest absolute Gasteiger partial charge is 0.295 e. The minimum atomic E-state index is -0.847. The number of aromatic nitrogens is 5. The molecule has 5 rings (SSSR count). The van der Waals surface area contributed by atoms with Gasteiger partial charge >= 0.3 is 0 Å². The summed E-state index contributed by atoms with van der Waals surface area (Å²) in [5.74, 6) is -2.17. The SMILES string of the molecule is O=C(C(=O)N1CCN(C(=O)c2ccc(Br)o2)CC1)c1c[nH]c2c(-c3nn[nH]n3)ccc(F)c12. The number of hydrogen-bond donors (Lipinski definition) is 2. The van der Waals surface area contributed by atoms with Crippen LogP contribution in [-0.2, 0) is 4.79 Å². The number of benzene rings is 1. The highest BCUT2D eigenvalue weighted by molar-refractivity contribution is 9.10. The highest BCUT2D eigenvalue weighted by Crippen LogP contribution is 2.30. The fourth-order valence-corrected chi connectivity index (χ4v) is 4.11. The third kappa shape index (κ3) is 3.69. The van der Waals surface area contributed by atoms with E-state index in [1.165, 1.54) is 23.2 Å². The van der Waals surface area contributed by atoms with E-state index in [0.29, 0.717) is 10.2 Å². The lowest BCUT2D eigenvalue weighted by Crippen LogP contribution is -2.52. The maximum absolute atomic E-state index is 14.7. The maximum atomic E-state index is 14.7. The van der Waals surface area contributed by atoms with Gasteiger partial charge in [0, 0.05) is 43.3 Å². The Hall–Kier alpha value is -3.87. The van der Waals surface area contributed by atoms with E-state index in [9.17, 15) is 18.8 Å². The summed E-state index contributed by atoms with van der Waals surface area (Å²) < 4.78 is 20.4. The number of aromatic amines is 2. The van der Waals surface area contributed by atoms with Gasteiger partial charge in [0.05, 0.1) is 11.1 Å². The molecule has 1 aromatic carbocycles. The number of ketones is 1. The van der Waals surface area contributed by atoms with Crippen LogP contribution in [-0.4, -0.2) is 79.2 Å². The van der Waals surface area contributed by atoms with Crippen LogP contribution in [0.5, 0.6) is 0 Å². The highest BCUT2D eigenvalue weighted by atomic mass is 79.9. The van der Waals surface area contributed by atoms with E-state index in [4.69, 9.17) is 4.42 Å². The van der Waals surface area contributed by atoms with E-state index < -0.39 is 17.5 Å². The number of Topliss-reactive ketones (excluding diaryl/α,β-unsaturated/α-hetero) is 1. The molecule has 168 valence electrons. The quantitative estimate of drug-likeness (QED) is 0.312. The Balaban J connectivity index is 1.34. The zero-order chi connectivity index (χ0) is 23.1. The molecule has 4 aromatic rings. The third-order valence-corrected chi connectivity index (χ3v) is 5.87. The summed E-state index contributed by atoms with van der Waals surface area (Å²) in [6.07, 6.45) is 1.30. The molecular formula is C20H15BrFN7O4. The third-order valence-electron chi connectivity index (χ3n) is 5.45. The second-order valence-corrected chi connectivity index (χ2v) is 8.08. The Morgan fingerprint density at radius 2 is 1.82 bits per heavy atom. The molecule has 0 spiro atoms. The lowest BCUT2D eigenvalue weighted by molar-refractivity contribution is -0.127. The van der Waals surface area contributed by atoms with Crippen molar-refractivity contribution in [1.29, 1.82) is 0 Å². The van der Waals surface area contributed by atoms with Crippen molar-refractivity contribution in [3.63, 3.8) is 0 Å². The number of halogens is 2. The molecular weight excluding hydrogens is 501 g/mol. The number of piperazine rings is 1. The van der Waals surface area contributed by atoms with Crippen LogP contribution >= 0.6 is 15.9 Å². The van der Waals surface area contributed by atoms with Gasteiger partial charge in [-0.15, -0.1) is 10.2 Å². The van der Waals surface area contributed by atoms with E-state index >= 15 is 0 Å². The second kappa shape index (κ2) is 8.24. The lowest BCUT2D eigenvalue weighted by atomic mass is 10.0. The monoisotopic (exact) mass is 515 g/mol. The molecule has 1 aliphatic rings. The van der Waals surface area contributed by atoms with Crippen molar-refractivity contribution in [2.24, 2.45) is 0 Å². The summed E-state index contributed by atoms with van der Waals surface area (Å²) in [7, 11) is 0. The molecule has 0 unspecified atom stereocenters. The van der Waals surface area contributed by atoms with Gasteiger partial charge in [-0.1, -0.05) is 0 Å². The molecule has 1 saturated heterocycles. The van der Waals surface area contributed by atoms with Gasteiger partial charge in [0.1, 0.15) is 5.82 Å². The number of fused-ring (bicyclic) bond motifs is 1. The molecule has 1 fully saturated rings. The van der Waals surface area contributed by atoms with Crippen molar-refractivity contribution < 1.29 is 23.2 Å². The van der Waals surface area contributed by atoms with Crippen LogP contribution < -0.4 is 0 Å². The number of rotatable bonds is 4. The van der Waals surface area contributed by atoms with Crippen LogP contribution in [0.3, 0.4) is 0 Å². The lowest BCUT2D eigenvalue weighted by Gasteiger charge is -2.33. The first kappa shape index (κ1) is 21.0. The van der Waals surface area contributed by atoms with Gasteiger partial charge in [-0.2, -0.15) is 5.21 Å². The largest absolute Gasteiger partial charge is 0.444 e. The molecule has 13 heteroatoms. The van der Waals surface area contributed by atoms with E-state index in [-0.39, 0.29) is 60.1 Å². The predicted molar refractivity (Wildman–Crippen MR) is 115 cm³/mol. The summed E-state index contributed by atoms with van der Waals surface area (Å²) in [6, 6.07) is 5.82. The van der Waals surface area contributed by atoms with Gasteiger partial charge in [-0.3, -0.25) is 14.4 Å². The summed E-state index contributed by atoms with van der Waals surface area (Å²) in [5, 5.41) is 13.6. The van der Waals surface area contributed by atoms with Crippen molar-refractivity contribution >= 4 is 44.4 Å². The number of tetrazole rings is 1. The van der Waals surface area contributed by atoms with Gasteiger partial charge in [0.15, 0.2) is 10.4 Å². The Morgan fingerprint density at radius 1 is 1.06 bits per heavy atom. The van der Waals surface area contributed by atoms with Crippen molar-refractivity contribution in [3.8, 4) is 11.4 Å². The second-order valence-electron chi connectivity index (χ2n) is 7.30. The summed E-state index contributed by atoms with van der Waals surface area (Å²) in [5.41, 5.74) is 0.632. The Labute approximate surface area is 193 Å². The molecule has 0 bridgehead atoms. The first-order valence-corrected chi connectivity index (χ1v) is 10.6. The zero-order valence-corrected chi connectivity index (χ0v) is 18.4. The van der Waals surface area contributed by atoms with E-state index in [2.05, 4.69) is 41.5 Å². The minimum Gasteiger partial charge on any atom is -0.444 e. The highest BCUT2D eigenvalue weighted by Gasteiger charge is 2.31. The number of nitrogens with zero attached hydrogens (tertiary/aromatic N) is 5. The molecule has 4 heterocycles. The number of furan rings is 1. The minimum absolute atomic E-state index is 0.0205. The Bertz CT molecular complexity index is 1370. The Morgan fingerprint density at radius 3 is 2.48 bits per heavy atom. The van der Waals surface area contributed by atoms with Crippen LogP contribution in [0, 0.1) is 5.82 Å². The van der Waals surface area contributed by atoms with Gasteiger partial charge in [-0.25, -0.2) is 4.39 Å². The molecule has 11 nitrogen and oxygen atoms in total. The van der Waals surface area contributed by atoms with Gasteiger partial charge in [0.25, 0.3) is 17.6 Å². The molecule has 0 radical (unpaired) electrons. The first-order valence-electron chi connectivity index (χ1n) is 9.85. The van der Waals surface area contributed by atoms with Crippen molar-refractivity contribution in [2.45, 2.75) is 0 Å². The van der Waals surface area contributed by atoms with Crippen LogP contribution in [0.2, 0.25) is 0 Å². The Kier molecular flexibility index (Phi) is 5.24. The molecule has 0 atom stereocenters. The maximum Gasteiger partial charge on any atom is 0.295 e. The number of nitrogens with one attached hydrogen (secondary N) is 2. The van der Waals surface area contributed by atoms with Crippen LogP contribution in [0.4, 0.5) is 4.39 Å². The first-order chi connectivity index (χ1) is 15.9. The average molecular weight is 516 g/mol. The van der Waals surface area contributed by atoms with Crippen molar-refractivity contribution in [1.82, 2.24) is 35.4 Å². The van der Waals surface area contributed by atoms with Crippen molar-refractivity contribution in [3.05, 3.63) is 52.3 Å². The molecule has 0 aliphatic carbocycles. The number of H-pyrrole nitrogens is 2. The van der Waals surface area contributed by atoms with Crippen LogP contribution in [0.1, 0.15) is 20.9 Å². The number of amides is 2. The molecule has 2 amide bonds. The van der Waals surface area contributed by atoms with Crippen LogP contribution in [0.25, 0.3) is 22.3 Å². The normalized spacial score (nSPS) is 14.1. The van der Waals surface area contributed by atoms with Gasteiger partial charge in [0.2, 0.25) is 5.82 Å². The molecule has 3 aromatic heterocycles. The van der Waals surface area contributed by atoms with Crippen molar-refractivity contribution in [2.75, 3.05) is 26.2 Å². The average Bonchev–Trinajstić information content (AvgIpc) is 3.59. The number of carbonyl (C=O) groups excluding carboxylic acids is 3. The predicted octanol–water partition coefficient (Wildman–Crippen LogP) is 2.01. The van der Waals surface area contributed by atoms with Gasteiger partial charge in [-0.05, 0) is 45.4 Å². The van der Waals surface area contributed by atoms with Crippen LogP contribution in [0.15, 0.2) is 39.5 Å². The van der Waals surface area contributed by atoms with E-state index in [0.717, 1.165) is 0 Å². The fraction of sp³-hybridized carbons (Fsp3) is 0.200. The molecule has 33 heavy (non-hydrogen) atoms. The molecule has 2 N–H and O–H groups in total. The summed E-state index contributed by atoms with van der Waals surface area (Å²) in [6.45, 7) is 0.801. The fourth-order valence-electron chi connectivity index (χ4n) is 3.80. The summed E-state index contributed by atoms with van der Waals surface area (Å²) in [4.78, 5) is 44.1. The zero-order valence-electron chi connectivity index (χ0n) is 16.8. The van der Waals surface area contributed by atoms with Gasteiger partial charge < -0.3 is 19.2 Å². The number of carbonyl (C=O) groups is 3. The summed E-state index contributed by atoms with van der Waals surface area (Å²) >= 11 is 3.16. The topological polar surface area (TPSA) is 141 Å². The van der Waals surface area contributed by atoms with E-state index in [1.807, 2.05) is 0 Å².